The Labute approximate surface area is 109 Å². The van der Waals surface area contributed by atoms with Crippen molar-refractivity contribution < 1.29 is 9.90 Å². The molecule has 0 radical (unpaired) electrons. The number of pyridine rings is 1. The zero-order valence-corrected chi connectivity index (χ0v) is 9.89. The van der Waals surface area contributed by atoms with E-state index in [1.807, 2.05) is 6.07 Å². The summed E-state index contributed by atoms with van der Waals surface area (Å²) in [6.07, 6.45) is 8.26. The first-order valence-corrected chi connectivity index (χ1v) is 5.69. The van der Waals surface area contributed by atoms with Crippen LogP contribution in [0.1, 0.15) is 5.56 Å². The van der Waals surface area contributed by atoms with Gasteiger partial charge in [0.25, 0.3) is 0 Å². The lowest BCUT2D eigenvalue weighted by atomic mass is 10.0. The predicted molar refractivity (Wildman–Crippen MR) is 67.8 cm³/mol. The highest BCUT2D eigenvalue weighted by molar-refractivity contribution is 5.90. The third kappa shape index (κ3) is 2.03. The van der Waals surface area contributed by atoms with E-state index in [-0.39, 0.29) is 0 Å². The Kier molecular flexibility index (Phi) is 2.68. The molecular formula is C13H10N4O2. The molecule has 2 aromatic heterocycles. The van der Waals surface area contributed by atoms with Gasteiger partial charge < -0.3 is 5.11 Å². The van der Waals surface area contributed by atoms with Crippen LogP contribution >= 0.6 is 0 Å². The van der Waals surface area contributed by atoms with Crippen molar-refractivity contribution in [3.8, 4) is 0 Å². The lowest BCUT2D eigenvalue weighted by molar-refractivity contribution is -0.132. The maximum atomic E-state index is 11.2. The van der Waals surface area contributed by atoms with Crippen molar-refractivity contribution in [1.82, 2.24) is 15.0 Å². The number of rotatable bonds is 2. The molecule has 1 aliphatic rings. The molecule has 19 heavy (non-hydrogen) atoms. The summed E-state index contributed by atoms with van der Waals surface area (Å²) in [5, 5.41) is 9.18. The van der Waals surface area contributed by atoms with E-state index in [0.29, 0.717) is 23.6 Å². The van der Waals surface area contributed by atoms with Crippen LogP contribution in [-0.2, 0) is 11.2 Å². The van der Waals surface area contributed by atoms with Crippen LogP contribution < -0.4 is 4.90 Å². The second-order valence-electron chi connectivity index (χ2n) is 4.06. The Morgan fingerprint density at radius 3 is 2.89 bits per heavy atom. The molecule has 0 bridgehead atoms. The van der Waals surface area contributed by atoms with Crippen molar-refractivity contribution in [2.45, 2.75) is 6.42 Å². The van der Waals surface area contributed by atoms with Crippen LogP contribution in [-0.4, -0.2) is 26.0 Å². The first kappa shape index (κ1) is 11.3. The van der Waals surface area contributed by atoms with Crippen molar-refractivity contribution >= 4 is 17.6 Å². The minimum absolute atomic E-state index is 0.297. The summed E-state index contributed by atoms with van der Waals surface area (Å²) in [5.74, 6) is 0.289. The fourth-order valence-corrected chi connectivity index (χ4v) is 1.97. The van der Waals surface area contributed by atoms with Gasteiger partial charge in [0.1, 0.15) is 5.82 Å². The summed E-state index contributed by atoms with van der Waals surface area (Å²) >= 11 is 0. The average molecular weight is 254 g/mol. The molecule has 0 aromatic carbocycles. The van der Waals surface area contributed by atoms with Gasteiger partial charge in [0.2, 0.25) is 0 Å². The molecule has 2 aromatic rings. The Hall–Kier alpha value is -2.76. The average Bonchev–Trinajstić information content (AvgIpc) is 2.47. The van der Waals surface area contributed by atoms with Crippen LogP contribution in [0, 0.1) is 0 Å². The summed E-state index contributed by atoms with van der Waals surface area (Å²) in [5.41, 5.74) is 1.15. The largest absolute Gasteiger partial charge is 0.478 e. The van der Waals surface area contributed by atoms with Crippen molar-refractivity contribution in [1.29, 1.82) is 0 Å². The Balaban J connectivity index is 2.13. The third-order valence-corrected chi connectivity index (χ3v) is 2.83. The van der Waals surface area contributed by atoms with Gasteiger partial charge in [0.05, 0.1) is 11.8 Å². The number of fused-ring (bicyclic) bond motifs is 1. The van der Waals surface area contributed by atoms with Crippen LogP contribution in [0.25, 0.3) is 0 Å². The predicted octanol–water partition coefficient (Wildman–Crippen LogP) is 1.53. The van der Waals surface area contributed by atoms with E-state index >= 15 is 0 Å². The van der Waals surface area contributed by atoms with Gasteiger partial charge in [-0.15, -0.1) is 0 Å². The molecule has 6 nitrogen and oxygen atoms in total. The smallest absolute Gasteiger partial charge is 0.333 e. The fraction of sp³-hybridized carbons (Fsp3) is 0.0769. The van der Waals surface area contributed by atoms with E-state index in [2.05, 4.69) is 15.0 Å². The number of nitrogens with zero attached hydrogens (tertiary/aromatic N) is 4. The molecule has 3 rings (SSSR count). The van der Waals surface area contributed by atoms with E-state index in [1.54, 1.807) is 42.0 Å². The number of carboxylic acid groups (broad SMARTS) is 1. The summed E-state index contributed by atoms with van der Waals surface area (Å²) in [7, 11) is 0. The highest BCUT2D eigenvalue weighted by Gasteiger charge is 2.23. The molecule has 0 saturated heterocycles. The van der Waals surface area contributed by atoms with Gasteiger partial charge in [-0.2, -0.15) is 0 Å². The molecule has 1 N–H and O–H groups in total. The SMILES string of the molecule is O=C(O)C1=CN(c2cnccn2)c2ncccc2C1. The normalized spacial score (nSPS) is 13.7. The van der Waals surface area contributed by atoms with Crippen molar-refractivity contribution in [2.24, 2.45) is 0 Å². The molecule has 94 valence electrons. The Morgan fingerprint density at radius 2 is 2.16 bits per heavy atom. The van der Waals surface area contributed by atoms with E-state index in [9.17, 15) is 9.90 Å². The van der Waals surface area contributed by atoms with E-state index < -0.39 is 5.97 Å². The molecule has 0 atom stereocenters. The van der Waals surface area contributed by atoms with Gasteiger partial charge in [-0.05, 0) is 6.07 Å². The Morgan fingerprint density at radius 1 is 1.26 bits per heavy atom. The molecule has 0 saturated carbocycles. The molecule has 0 fully saturated rings. The first-order chi connectivity index (χ1) is 9.25. The van der Waals surface area contributed by atoms with E-state index in [1.165, 1.54) is 0 Å². The van der Waals surface area contributed by atoms with Crippen LogP contribution in [0.15, 0.2) is 48.7 Å². The molecule has 3 heterocycles. The van der Waals surface area contributed by atoms with Crippen LogP contribution in [0.2, 0.25) is 0 Å². The standard InChI is InChI=1S/C13H10N4O2/c18-13(19)10-6-9-2-1-3-16-12(9)17(8-10)11-7-14-4-5-15-11/h1-5,7-8H,6H2,(H,18,19). The highest BCUT2D eigenvalue weighted by Crippen LogP contribution is 2.31. The van der Waals surface area contributed by atoms with Gasteiger partial charge in [-0.3, -0.25) is 9.88 Å². The molecule has 0 amide bonds. The van der Waals surface area contributed by atoms with Gasteiger partial charge in [0.15, 0.2) is 5.82 Å². The number of hydrogen-bond donors (Lipinski definition) is 1. The number of carboxylic acids is 1. The van der Waals surface area contributed by atoms with Crippen LogP contribution in [0.5, 0.6) is 0 Å². The minimum atomic E-state index is -0.941. The molecule has 0 aliphatic carbocycles. The molecule has 0 spiro atoms. The zero-order valence-electron chi connectivity index (χ0n) is 9.89. The molecule has 6 heteroatoms. The summed E-state index contributed by atoms with van der Waals surface area (Å²) in [6, 6.07) is 3.65. The molecular weight excluding hydrogens is 244 g/mol. The second kappa shape index (κ2) is 4.49. The van der Waals surface area contributed by atoms with Crippen molar-refractivity contribution in [3.05, 3.63) is 54.3 Å². The van der Waals surface area contributed by atoms with Gasteiger partial charge in [-0.1, -0.05) is 6.07 Å². The van der Waals surface area contributed by atoms with Crippen molar-refractivity contribution in [3.63, 3.8) is 0 Å². The van der Waals surface area contributed by atoms with Crippen molar-refractivity contribution in [2.75, 3.05) is 4.90 Å². The zero-order chi connectivity index (χ0) is 13.2. The molecule has 1 aliphatic heterocycles. The monoisotopic (exact) mass is 254 g/mol. The topological polar surface area (TPSA) is 79.2 Å². The third-order valence-electron chi connectivity index (χ3n) is 2.83. The number of aromatic nitrogens is 3. The number of aliphatic carboxylic acids is 1. The highest BCUT2D eigenvalue weighted by atomic mass is 16.4. The lowest BCUT2D eigenvalue weighted by Crippen LogP contribution is -2.22. The second-order valence-corrected chi connectivity index (χ2v) is 4.06. The van der Waals surface area contributed by atoms with Gasteiger partial charge >= 0.3 is 5.97 Å². The van der Waals surface area contributed by atoms with Gasteiger partial charge in [-0.25, -0.2) is 14.8 Å². The maximum absolute atomic E-state index is 11.2. The summed E-state index contributed by atoms with van der Waals surface area (Å²) < 4.78 is 0. The maximum Gasteiger partial charge on any atom is 0.333 e. The quantitative estimate of drug-likeness (QED) is 0.875. The minimum Gasteiger partial charge on any atom is -0.478 e. The van der Waals surface area contributed by atoms with E-state index in [4.69, 9.17) is 0 Å². The van der Waals surface area contributed by atoms with Crippen LogP contribution in [0.3, 0.4) is 0 Å². The summed E-state index contributed by atoms with van der Waals surface area (Å²) in [4.78, 5) is 25.3. The lowest BCUT2D eigenvalue weighted by Gasteiger charge is -2.25. The Bertz CT molecular complexity index is 655. The van der Waals surface area contributed by atoms with Crippen LogP contribution in [0.4, 0.5) is 11.6 Å². The van der Waals surface area contributed by atoms with Gasteiger partial charge in [0, 0.05) is 36.8 Å². The number of anilines is 2. The van der Waals surface area contributed by atoms with E-state index in [0.717, 1.165) is 5.56 Å². The summed E-state index contributed by atoms with van der Waals surface area (Å²) in [6.45, 7) is 0. The number of carbonyl (C=O) groups is 1. The first-order valence-electron chi connectivity index (χ1n) is 5.69. The molecule has 0 unspecified atom stereocenters. The number of hydrogen-bond acceptors (Lipinski definition) is 5. The fourth-order valence-electron chi connectivity index (χ4n) is 1.97.